The first-order chi connectivity index (χ1) is 7.83. The smallest absolute Gasteiger partial charge is 0.0647 e. The fourth-order valence-electron chi connectivity index (χ4n) is 1.70. The zero-order valence-corrected chi connectivity index (χ0v) is 11.9. The van der Waals surface area contributed by atoms with Crippen molar-refractivity contribution < 1.29 is 0 Å². The minimum absolute atomic E-state index is 0.266. The number of alkyl halides is 2. The summed E-state index contributed by atoms with van der Waals surface area (Å²) in [5.41, 5.74) is 3.94. The van der Waals surface area contributed by atoms with E-state index in [2.05, 4.69) is 80.4 Å². The number of rotatable bonds is 3. The van der Waals surface area contributed by atoms with Crippen molar-refractivity contribution in [3.8, 4) is 0 Å². The monoisotopic (exact) mass is 338 g/mol. The van der Waals surface area contributed by atoms with Gasteiger partial charge in [0.1, 0.15) is 0 Å². The molecule has 0 bridgehead atoms. The van der Waals surface area contributed by atoms with Crippen LogP contribution in [0.4, 0.5) is 0 Å². The molecular formula is C14H12Br2. The molecule has 2 heteroatoms. The maximum absolute atomic E-state index is 3.76. The molecule has 82 valence electrons. The Morgan fingerprint density at radius 2 is 1.50 bits per heavy atom. The summed E-state index contributed by atoms with van der Waals surface area (Å²) in [7, 11) is 0. The van der Waals surface area contributed by atoms with Gasteiger partial charge >= 0.3 is 0 Å². The number of hydrogen-bond donors (Lipinski definition) is 0. The lowest BCUT2D eigenvalue weighted by molar-refractivity contribution is 1.14. The van der Waals surface area contributed by atoms with Crippen molar-refractivity contribution in [1.29, 1.82) is 0 Å². The fraction of sp³-hybridized carbons (Fsp3) is 0.143. The number of hydrogen-bond acceptors (Lipinski definition) is 0. The maximum Gasteiger partial charge on any atom is 0.0647 e. The van der Waals surface area contributed by atoms with Crippen LogP contribution in [0.1, 0.15) is 21.5 Å². The van der Waals surface area contributed by atoms with Crippen molar-refractivity contribution in [2.24, 2.45) is 0 Å². The third kappa shape index (κ3) is 2.55. The lowest BCUT2D eigenvalue weighted by atomic mass is 10.0. The van der Waals surface area contributed by atoms with Gasteiger partial charge in [0.05, 0.1) is 4.83 Å². The molecule has 0 saturated heterocycles. The van der Waals surface area contributed by atoms with E-state index < -0.39 is 0 Å². The molecule has 0 heterocycles. The van der Waals surface area contributed by atoms with Crippen molar-refractivity contribution in [2.45, 2.75) is 10.2 Å². The first-order valence-corrected chi connectivity index (χ1v) is 7.19. The largest absolute Gasteiger partial charge is 0.0876 e. The minimum atomic E-state index is 0.266. The number of benzene rings is 2. The Kier molecular flexibility index (Phi) is 4.19. The molecule has 0 N–H and O–H groups in total. The first kappa shape index (κ1) is 11.9. The van der Waals surface area contributed by atoms with E-state index in [4.69, 9.17) is 0 Å². The zero-order valence-electron chi connectivity index (χ0n) is 8.74. The molecule has 0 aliphatic heterocycles. The van der Waals surface area contributed by atoms with Gasteiger partial charge in [-0.05, 0) is 16.7 Å². The highest BCUT2D eigenvalue weighted by molar-refractivity contribution is 9.09. The normalized spacial score (nSPS) is 12.4. The third-order valence-corrected chi connectivity index (χ3v) is 4.19. The van der Waals surface area contributed by atoms with Gasteiger partial charge in [0, 0.05) is 5.33 Å². The Labute approximate surface area is 113 Å². The second-order valence-corrected chi connectivity index (χ2v) is 5.08. The summed E-state index contributed by atoms with van der Waals surface area (Å²) in [5, 5.41) is 0.887. The highest BCUT2D eigenvalue weighted by atomic mass is 79.9. The van der Waals surface area contributed by atoms with Gasteiger partial charge in [-0.25, -0.2) is 0 Å². The molecule has 2 aromatic carbocycles. The second kappa shape index (κ2) is 5.65. The summed E-state index contributed by atoms with van der Waals surface area (Å²) >= 11 is 7.29. The van der Waals surface area contributed by atoms with E-state index in [1.54, 1.807) is 0 Å². The van der Waals surface area contributed by atoms with Crippen molar-refractivity contribution >= 4 is 31.9 Å². The van der Waals surface area contributed by atoms with Gasteiger partial charge in [-0.2, -0.15) is 0 Å². The third-order valence-electron chi connectivity index (χ3n) is 2.56. The molecule has 2 rings (SSSR count). The molecule has 0 nitrogen and oxygen atoms in total. The summed E-state index contributed by atoms with van der Waals surface area (Å²) in [5.74, 6) is 0. The second-order valence-electron chi connectivity index (χ2n) is 3.61. The van der Waals surface area contributed by atoms with Crippen molar-refractivity contribution in [3.63, 3.8) is 0 Å². The highest BCUT2D eigenvalue weighted by Crippen LogP contribution is 2.33. The van der Waals surface area contributed by atoms with Crippen LogP contribution < -0.4 is 0 Å². The summed E-state index contributed by atoms with van der Waals surface area (Å²) in [6, 6.07) is 18.9. The van der Waals surface area contributed by atoms with Crippen LogP contribution in [0.2, 0.25) is 0 Å². The molecule has 1 atom stereocenters. The van der Waals surface area contributed by atoms with Crippen LogP contribution in [-0.4, -0.2) is 0 Å². The Morgan fingerprint density at radius 1 is 0.875 bits per heavy atom. The van der Waals surface area contributed by atoms with Crippen LogP contribution in [0.3, 0.4) is 0 Å². The summed E-state index contributed by atoms with van der Waals surface area (Å²) < 4.78 is 0. The molecule has 0 amide bonds. The maximum atomic E-state index is 3.76. The molecule has 16 heavy (non-hydrogen) atoms. The predicted octanol–water partition coefficient (Wildman–Crippen LogP) is 5.07. The number of halogens is 2. The zero-order chi connectivity index (χ0) is 11.4. The van der Waals surface area contributed by atoms with Crippen LogP contribution in [0.5, 0.6) is 0 Å². The van der Waals surface area contributed by atoms with Gasteiger partial charge in [-0.1, -0.05) is 86.5 Å². The Hall–Kier alpha value is -0.600. The molecule has 1 unspecified atom stereocenters. The van der Waals surface area contributed by atoms with Crippen LogP contribution in [-0.2, 0) is 5.33 Å². The Morgan fingerprint density at radius 3 is 2.19 bits per heavy atom. The summed E-state index contributed by atoms with van der Waals surface area (Å²) in [4.78, 5) is 0.266. The van der Waals surface area contributed by atoms with E-state index in [9.17, 15) is 0 Å². The van der Waals surface area contributed by atoms with E-state index in [1.807, 2.05) is 6.07 Å². The van der Waals surface area contributed by atoms with E-state index in [1.165, 1.54) is 16.7 Å². The van der Waals surface area contributed by atoms with Crippen molar-refractivity contribution in [2.75, 3.05) is 0 Å². The van der Waals surface area contributed by atoms with E-state index in [-0.39, 0.29) is 4.83 Å². The molecule has 0 aromatic heterocycles. The predicted molar refractivity (Wildman–Crippen MR) is 76.3 cm³/mol. The molecule has 0 saturated carbocycles. The summed E-state index contributed by atoms with van der Waals surface area (Å²) in [6.45, 7) is 0. The van der Waals surface area contributed by atoms with Crippen molar-refractivity contribution in [3.05, 3.63) is 71.3 Å². The van der Waals surface area contributed by atoms with Gasteiger partial charge < -0.3 is 0 Å². The first-order valence-electron chi connectivity index (χ1n) is 5.15. The topological polar surface area (TPSA) is 0 Å². The van der Waals surface area contributed by atoms with Crippen molar-refractivity contribution in [1.82, 2.24) is 0 Å². The molecule has 0 aliphatic carbocycles. The van der Waals surface area contributed by atoms with Gasteiger partial charge in [-0.15, -0.1) is 0 Å². The minimum Gasteiger partial charge on any atom is -0.0876 e. The van der Waals surface area contributed by atoms with E-state index in [0.29, 0.717) is 0 Å². The standard InChI is InChI=1S/C14H12Br2/c15-10-12-8-4-5-9-13(12)14(16)11-6-2-1-3-7-11/h1-9,14H,10H2. The van der Waals surface area contributed by atoms with Crippen LogP contribution in [0, 0.1) is 0 Å². The Balaban J connectivity index is 2.37. The molecular weight excluding hydrogens is 328 g/mol. The SMILES string of the molecule is BrCc1ccccc1C(Br)c1ccccc1. The summed E-state index contributed by atoms with van der Waals surface area (Å²) in [6.07, 6.45) is 0. The highest BCUT2D eigenvalue weighted by Gasteiger charge is 2.12. The van der Waals surface area contributed by atoms with Gasteiger partial charge in [0.25, 0.3) is 0 Å². The van der Waals surface area contributed by atoms with Gasteiger partial charge in [0.2, 0.25) is 0 Å². The van der Waals surface area contributed by atoms with Crippen LogP contribution in [0.25, 0.3) is 0 Å². The van der Waals surface area contributed by atoms with E-state index in [0.717, 1.165) is 5.33 Å². The lowest BCUT2D eigenvalue weighted by Crippen LogP contribution is -1.96. The van der Waals surface area contributed by atoms with E-state index >= 15 is 0 Å². The van der Waals surface area contributed by atoms with Gasteiger partial charge in [0.15, 0.2) is 0 Å². The molecule has 0 spiro atoms. The molecule has 2 aromatic rings. The Bertz CT molecular complexity index is 451. The average Bonchev–Trinajstić information content (AvgIpc) is 2.39. The lowest BCUT2D eigenvalue weighted by Gasteiger charge is -2.14. The van der Waals surface area contributed by atoms with Crippen LogP contribution >= 0.6 is 31.9 Å². The quantitative estimate of drug-likeness (QED) is 0.685. The average molecular weight is 340 g/mol. The molecule has 0 radical (unpaired) electrons. The fourth-order valence-corrected chi connectivity index (χ4v) is 2.97. The van der Waals surface area contributed by atoms with Gasteiger partial charge in [-0.3, -0.25) is 0 Å². The van der Waals surface area contributed by atoms with Crippen LogP contribution in [0.15, 0.2) is 54.6 Å². The molecule has 0 fully saturated rings. The molecule has 0 aliphatic rings.